The van der Waals surface area contributed by atoms with Crippen molar-refractivity contribution in [3.05, 3.63) is 54.0 Å². The van der Waals surface area contributed by atoms with Crippen molar-refractivity contribution >= 4 is 54.2 Å². The molecule has 1 saturated heterocycles. The van der Waals surface area contributed by atoms with Gasteiger partial charge in [0.15, 0.2) is 0 Å². The summed E-state index contributed by atoms with van der Waals surface area (Å²) in [5, 5.41) is 14.7. The first-order chi connectivity index (χ1) is 14.0. The van der Waals surface area contributed by atoms with Crippen LogP contribution < -0.4 is 16.1 Å². The molecule has 1 fully saturated rings. The van der Waals surface area contributed by atoms with Gasteiger partial charge in [0.25, 0.3) is 5.91 Å². The normalized spacial score (nSPS) is 15.6. The van der Waals surface area contributed by atoms with E-state index in [1.807, 2.05) is 18.2 Å². The number of hydrogen-bond donors (Lipinski definition) is 4. The van der Waals surface area contributed by atoms with Crippen molar-refractivity contribution in [2.24, 2.45) is 0 Å². The van der Waals surface area contributed by atoms with E-state index in [0.29, 0.717) is 11.5 Å². The summed E-state index contributed by atoms with van der Waals surface area (Å²) < 4.78 is 0. The maximum absolute atomic E-state index is 11.2. The van der Waals surface area contributed by atoms with Gasteiger partial charge >= 0.3 is 0 Å². The van der Waals surface area contributed by atoms with Gasteiger partial charge in [0.1, 0.15) is 5.82 Å². The molecule has 1 aromatic heterocycles. The van der Waals surface area contributed by atoms with E-state index in [0.717, 1.165) is 37.3 Å². The first-order valence-corrected chi connectivity index (χ1v) is 9.31. The molecule has 2 amide bonds. The maximum atomic E-state index is 11.2. The lowest BCUT2D eigenvalue weighted by Gasteiger charge is -2.17. The number of hydrogen-bond acceptors (Lipinski definition) is 7. The van der Waals surface area contributed by atoms with Gasteiger partial charge < -0.3 is 10.6 Å². The third-order valence-corrected chi connectivity index (χ3v) is 4.47. The van der Waals surface area contributed by atoms with Crippen LogP contribution in [0.3, 0.4) is 0 Å². The number of hydroxylamine groups is 1. The molecule has 11 heteroatoms. The van der Waals surface area contributed by atoms with Crippen LogP contribution in [0.2, 0.25) is 0 Å². The highest BCUT2D eigenvalue weighted by molar-refractivity contribution is 5.90. The van der Waals surface area contributed by atoms with Gasteiger partial charge in [-0.15, -0.1) is 24.8 Å². The molecule has 1 atom stereocenters. The van der Waals surface area contributed by atoms with E-state index in [9.17, 15) is 9.59 Å². The van der Waals surface area contributed by atoms with Crippen molar-refractivity contribution in [2.45, 2.75) is 25.9 Å². The van der Waals surface area contributed by atoms with Crippen LogP contribution in [0.1, 0.15) is 24.6 Å². The number of nitrogens with one attached hydrogen (secondary N) is 3. The number of nitrogens with zero attached hydrogens (tertiary/aromatic N) is 3. The number of amides is 2. The highest BCUT2D eigenvalue weighted by Gasteiger charge is 2.22. The highest BCUT2D eigenvalue weighted by Crippen LogP contribution is 2.18. The van der Waals surface area contributed by atoms with Crippen molar-refractivity contribution in [1.29, 1.82) is 0 Å². The fourth-order valence-corrected chi connectivity index (χ4v) is 3.21. The number of aromatic nitrogens is 2. The van der Waals surface area contributed by atoms with Gasteiger partial charge in [0.2, 0.25) is 5.91 Å². The Balaban J connectivity index is 0.00000240. The Morgan fingerprint density at radius 1 is 1.26 bits per heavy atom. The quantitative estimate of drug-likeness (QED) is 0.280. The first-order valence-electron chi connectivity index (χ1n) is 9.31. The van der Waals surface area contributed by atoms with Crippen molar-refractivity contribution in [1.82, 2.24) is 20.3 Å². The van der Waals surface area contributed by atoms with E-state index in [1.54, 1.807) is 12.4 Å². The second-order valence-electron chi connectivity index (χ2n) is 6.88. The fraction of sp³-hybridized carbons (Fsp3) is 0.300. The van der Waals surface area contributed by atoms with Gasteiger partial charge in [-0.2, -0.15) is 0 Å². The molecule has 4 N–H and O–H groups in total. The number of likely N-dealkylation sites (tertiary alicyclic amines) is 1. The molecule has 2 aromatic rings. The van der Waals surface area contributed by atoms with Gasteiger partial charge in [0.05, 0.1) is 18.1 Å². The van der Waals surface area contributed by atoms with Gasteiger partial charge in [-0.3, -0.25) is 24.7 Å². The molecule has 1 aliphatic heterocycles. The molecule has 1 aliphatic rings. The Labute approximate surface area is 193 Å². The summed E-state index contributed by atoms with van der Waals surface area (Å²) in [6, 6.07) is 8.15. The van der Waals surface area contributed by atoms with Crippen molar-refractivity contribution in [3.63, 3.8) is 0 Å². The molecule has 31 heavy (non-hydrogen) atoms. The van der Waals surface area contributed by atoms with Gasteiger partial charge in [-0.1, -0.05) is 12.1 Å². The number of halogens is 2. The van der Waals surface area contributed by atoms with Crippen LogP contribution in [0.25, 0.3) is 6.08 Å². The Hall–Kier alpha value is -2.72. The fourth-order valence-electron chi connectivity index (χ4n) is 3.21. The number of rotatable bonds is 7. The lowest BCUT2D eigenvalue weighted by molar-refractivity contribution is -0.124. The SMILES string of the molecule is CC(=O)Nc1cccc(CN2CC[C@@H](Nc3cnc(C=CC(=O)NO)cn3)C2)c1.Cl.Cl. The second kappa shape index (κ2) is 12.9. The maximum Gasteiger partial charge on any atom is 0.267 e. The lowest BCUT2D eigenvalue weighted by atomic mass is 10.2. The summed E-state index contributed by atoms with van der Waals surface area (Å²) >= 11 is 0. The molecule has 0 radical (unpaired) electrons. The Kier molecular flexibility index (Phi) is 10.9. The van der Waals surface area contributed by atoms with E-state index in [4.69, 9.17) is 5.21 Å². The van der Waals surface area contributed by atoms with Crippen molar-refractivity contribution in [3.8, 4) is 0 Å². The molecule has 9 nitrogen and oxygen atoms in total. The zero-order valence-corrected chi connectivity index (χ0v) is 18.6. The Bertz CT molecular complexity index is 895. The monoisotopic (exact) mass is 468 g/mol. The molecule has 0 saturated carbocycles. The molecule has 0 bridgehead atoms. The summed E-state index contributed by atoms with van der Waals surface area (Å²) in [5.41, 5.74) is 4.00. The van der Waals surface area contributed by atoms with Crippen molar-refractivity contribution < 1.29 is 14.8 Å². The van der Waals surface area contributed by atoms with Crippen molar-refractivity contribution in [2.75, 3.05) is 23.7 Å². The molecular weight excluding hydrogens is 443 g/mol. The summed E-state index contributed by atoms with van der Waals surface area (Å²) in [5.74, 6) is -0.0252. The molecule has 0 unspecified atom stereocenters. The van der Waals surface area contributed by atoms with Crippen LogP contribution >= 0.6 is 24.8 Å². The predicted octanol–water partition coefficient (Wildman–Crippen LogP) is 2.48. The number of carbonyl (C=O) groups excluding carboxylic acids is 2. The molecule has 3 rings (SSSR count). The summed E-state index contributed by atoms with van der Waals surface area (Å²) in [6.07, 6.45) is 6.81. The molecule has 168 valence electrons. The number of carbonyl (C=O) groups is 2. The Morgan fingerprint density at radius 2 is 2.06 bits per heavy atom. The van der Waals surface area contributed by atoms with E-state index in [1.165, 1.54) is 24.6 Å². The molecule has 0 aliphatic carbocycles. The molecular formula is C20H26Cl2N6O3. The zero-order valence-electron chi connectivity index (χ0n) is 16.9. The summed E-state index contributed by atoms with van der Waals surface area (Å²) in [6.45, 7) is 4.16. The van der Waals surface area contributed by atoms with Crippen LogP contribution in [0.5, 0.6) is 0 Å². The van der Waals surface area contributed by atoms with Crippen LogP contribution in [0, 0.1) is 0 Å². The third-order valence-electron chi connectivity index (χ3n) is 4.47. The van der Waals surface area contributed by atoms with E-state index < -0.39 is 5.91 Å². The largest absolute Gasteiger partial charge is 0.365 e. The van der Waals surface area contributed by atoms with Gasteiger partial charge in [-0.05, 0) is 30.2 Å². The Morgan fingerprint density at radius 3 is 2.74 bits per heavy atom. The van der Waals surface area contributed by atoms with E-state index in [2.05, 4.69) is 31.6 Å². The highest BCUT2D eigenvalue weighted by atomic mass is 35.5. The standard InChI is InChI=1S/C20H24N6O3.2ClH/c1-14(27)23-16-4-2-3-15(9-16)12-26-8-7-18(13-26)24-19-11-21-17(10-22-19)5-6-20(28)25-29;;/h2-6,9-11,18,29H,7-8,12-13H2,1H3,(H,22,24)(H,23,27)(H,25,28);2*1H/t18-;;/m1../s1. The first kappa shape index (κ1) is 26.3. The van der Waals surface area contributed by atoms with Gasteiger partial charge in [0, 0.05) is 44.4 Å². The van der Waals surface area contributed by atoms with Crippen LogP contribution in [-0.2, 0) is 16.1 Å². The van der Waals surface area contributed by atoms with E-state index >= 15 is 0 Å². The third kappa shape index (κ3) is 8.50. The van der Waals surface area contributed by atoms with E-state index in [-0.39, 0.29) is 36.8 Å². The smallest absolute Gasteiger partial charge is 0.267 e. The lowest BCUT2D eigenvalue weighted by Crippen LogP contribution is -2.26. The summed E-state index contributed by atoms with van der Waals surface area (Å²) in [7, 11) is 0. The minimum absolute atomic E-state index is 0. The zero-order chi connectivity index (χ0) is 20.6. The summed E-state index contributed by atoms with van der Waals surface area (Å²) in [4.78, 5) is 33.1. The van der Waals surface area contributed by atoms with Crippen LogP contribution in [-0.4, -0.2) is 51.0 Å². The minimum Gasteiger partial charge on any atom is -0.365 e. The van der Waals surface area contributed by atoms with Crippen LogP contribution in [0.15, 0.2) is 42.7 Å². The molecule has 0 spiro atoms. The average Bonchev–Trinajstić information content (AvgIpc) is 3.13. The predicted molar refractivity (Wildman–Crippen MR) is 124 cm³/mol. The average molecular weight is 469 g/mol. The second-order valence-corrected chi connectivity index (χ2v) is 6.88. The minimum atomic E-state index is -0.623. The molecule has 2 heterocycles. The number of anilines is 2. The van der Waals surface area contributed by atoms with Gasteiger partial charge in [-0.25, -0.2) is 10.5 Å². The topological polar surface area (TPSA) is 119 Å². The molecule has 1 aromatic carbocycles. The van der Waals surface area contributed by atoms with Crippen LogP contribution in [0.4, 0.5) is 11.5 Å². The number of benzene rings is 1.